The predicted octanol–water partition coefficient (Wildman–Crippen LogP) is 0.759. The van der Waals surface area contributed by atoms with Crippen LogP contribution in [-0.4, -0.2) is 16.1 Å². The highest BCUT2D eigenvalue weighted by Gasteiger charge is 1.93. The second-order valence-electron chi connectivity index (χ2n) is 2.11. The first-order chi connectivity index (χ1) is 5.20. The van der Waals surface area contributed by atoms with Gasteiger partial charge in [0.05, 0.1) is 0 Å². The number of aromatic nitrogens is 1. The van der Waals surface area contributed by atoms with Gasteiger partial charge in [-0.1, -0.05) is 5.92 Å². The molecule has 0 atom stereocenters. The van der Waals surface area contributed by atoms with Crippen LogP contribution >= 0.6 is 0 Å². The summed E-state index contributed by atoms with van der Waals surface area (Å²) in [5, 5.41) is 8.22. The molecule has 1 rings (SSSR count). The summed E-state index contributed by atoms with van der Waals surface area (Å²) >= 11 is 0. The zero-order chi connectivity index (χ0) is 8.27. The highest BCUT2D eigenvalue weighted by Crippen LogP contribution is 2.02. The SMILES string of the molecule is Cc1c[nH]cc1C#CC(=O)O. The summed E-state index contributed by atoms with van der Waals surface area (Å²) in [6.07, 6.45) is 3.44. The van der Waals surface area contributed by atoms with Crippen molar-refractivity contribution < 1.29 is 9.90 Å². The maximum absolute atomic E-state index is 10.0. The molecular formula is C8H7NO2. The molecule has 3 nitrogen and oxygen atoms in total. The molecule has 56 valence electrons. The molecule has 1 aromatic rings. The van der Waals surface area contributed by atoms with E-state index in [-0.39, 0.29) is 0 Å². The van der Waals surface area contributed by atoms with Gasteiger partial charge in [-0.2, -0.15) is 0 Å². The zero-order valence-electron chi connectivity index (χ0n) is 6.01. The lowest BCUT2D eigenvalue weighted by Gasteiger charge is -1.81. The number of carboxylic acid groups (broad SMARTS) is 1. The lowest BCUT2D eigenvalue weighted by atomic mass is 10.2. The number of rotatable bonds is 0. The van der Waals surface area contributed by atoms with Crippen molar-refractivity contribution in [2.24, 2.45) is 0 Å². The summed E-state index contributed by atoms with van der Waals surface area (Å²) in [4.78, 5) is 12.8. The quantitative estimate of drug-likeness (QED) is 0.535. The number of carboxylic acids is 1. The minimum absolute atomic E-state index is 0.729. The molecule has 1 heterocycles. The van der Waals surface area contributed by atoms with Crippen molar-refractivity contribution in [1.82, 2.24) is 4.98 Å². The molecule has 1 aromatic heterocycles. The minimum atomic E-state index is -1.11. The molecule has 0 unspecified atom stereocenters. The van der Waals surface area contributed by atoms with Gasteiger partial charge in [0.15, 0.2) is 0 Å². The zero-order valence-corrected chi connectivity index (χ0v) is 6.01. The molecule has 2 N–H and O–H groups in total. The maximum atomic E-state index is 10.0. The topological polar surface area (TPSA) is 53.1 Å². The number of H-pyrrole nitrogens is 1. The van der Waals surface area contributed by atoms with E-state index in [0.29, 0.717) is 0 Å². The Bertz CT molecular complexity index is 327. The van der Waals surface area contributed by atoms with Gasteiger partial charge >= 0.3 is 5.97 Å². The van der Waals surface area contributed by atoms with Crippen molar-refractivity contribution in [3.8, 4) is 11.8 Å². The third-order valence-corrected chi connectivity index (χ3v) is 1.26. The van der Waals surface area contributed by atoms with Gasteiger partial charge in [-0.15, -0.1) is 0 Å². The average molecular weight is 149 g/mol. The second-order valence-corrected chi connectivity index (χ2v) is 2.11. The number of hydrogen-bond acceptors (Lipinski definition) is 1. The molecule has 0 aromatic carbocycles. The Hall–Kier alpha value is -1.69. The van der Waals surface area contributed by atoms with E-state index in [0.717, 1.165) is 11.1 Å². The van der Waals surface area contributed by atoms with Crippen LogP contribution in [0.2, 0.25) is 0 Å². The summed E-state index contributed by atoms with van der Waals surface area (Å²) in [5.74, 6) is 3.44. The summed E-state index contributed by atoms with van der Waals surface area (Å²) < 4.78 is 0. The Morgan fingerprint density at radius 2 is 2.36 bits per heavy atom. The fourth-order valence-corrected chi connectivity index (χ4v) is 0.697. The Labute approximate surface area is 64.1 Å². The van der Waals surface area contributed by atoms with Crippen molar-refractivity contribution in [3.63, 3.8) is 0 Å². The van der Waals surface area contributed by atoms with Crippen LogP contribution in [0, 0.1) is 18.8 Å². The van der Waals surface area contributed by atoms with Gasteiger partial charge in [0, 0.05) is 23.9 Å². The van der Waals surface area contributed by atoms with Crippen LogP contribution < -0.4 is 0 Å². The van der Waals surface area contributed by atoms with Gasteiger partial charge in [-0.3, -0.25) is 0 Å². The van der Waals surface area contributed by atoms with Crippen molar-refractivity contribution in [1.29, 1.82) is 0 Å². The van der Waals surface area contributed by atoms with E-state index in [1.54, 1.807) is 12.4 Å². The molecule has 0 bridgehead atoms. The smallest absolute Gasteiger partial charge is 0.382 e. The van der Waals surface area contributed by atoms with Gasteiger partial charge in [0.2, 0.25) is 0 Å². The summed E-state index contributed by atoms with van der Waals surface area (Å²) in [6, 6.07) is 0. The van der Waals surface area contributed by atoms with Crippen LogP contribution in [0.3, 0.4) is 0 Å². The predicted molar refractivity (Wildman–Crippen MR) is 40.0 cm³/mol. The Morgan fingerprint density at radius 1 is 1.64 bits per heavy atom. The number of carbonyl (C=O) groups is 1. The Kier molecular flexibility index (Phi) is 1.98. The van der Waals surface area contributed by atoms with Crippen molar-refractivity contribution >= 4 is 5.97 Å². The second kappa shape index (κ2) is 2.93. The molecule has 0 aliphatic carbocycles. The molecule has 0 spiro atoms. The van der Waals surface area contributed by atoms with Crippen LogP contribution in [0.4, 0.5) is 0 Å². The first-order valence-corrected chi connectivity index (χ1v) is 3.08. The first kappa shape index (κ1) is 7.42. The van der Waals surface area contributed by atoms with Gasteiger partial charge in [0.1, 0.15) is 0 Å². The van der Waals surface area contributed by atoms with Gasteiger partial charge in [-0.25, -0.2) is 4.79 Å². The molecule has 0 radical (unpaired) electrons. The molecular weight excluding hydrogens is 142 g/mol. The molecule has 0 aliphatic rings. The standard InChI is InChI=1S/C8H7NO2/c1-6-4-9-5-7(6)2-3-8(10)11/h4-5,9H,1H3,(H,10,11). The number of aliphatic carboxylic acids is 1. The van der Waals surface area contributed by atoms with E-state index >= 15 is 0 Å². The summed E-state index contributed by atoms with van der Waals surface area (Å²) in [5.41, 5.74) is 1.69. The Morgan fingerprint density at radius 3 is 2.82 bits per heavy atom. The highest BCUT2D eigenvalue weighted by molar-refractivity contribution is 5.87. The van der Waals surface area contributed by atoms with E-state index in [1.165, 1.54) is 0 Å². The van der Waals surface area contributed by atoms with E-state index in [1.807, 2.05) is 12.8 Å². The molecule has 0 saturated heterocycles. The lowest BCUT2D eigenvalue weighted by molar-refractivity contribution is -0.130. The van der Waals surface area contributed by atoms with Gasteiger partial charge < -0.3 is 10.1 Å². The van der Waals surface area contributed by atoms with E-state index in [4.69, 9.17) is 5.11 Å². The molecule has 0 amide bonds. The maximum Gasteiger partial charge on any atom is 0.382 e. The third-order valence-electron chi connectivity index (χ3n) is 1.26. The minimum Gasteiger partial charge on any atom is -0.472 e. The molecule has 0 saturated carbocycles. The molecule has 0 aliphatic heterocycles. The van der Waals surface area contributed by atoms with Gasteiger partial charge in [-0.05, 0) is 12.5 Å². The number of aryl methyl sites for hydroxylation is 1. The van der Waals surface area contributed by atoms with E-state index < -0.39 is 5.97 Å². The van der Waals surface area contributed by atoms with Crippen LogP contribution in [-0.2, 0) is 4.79 Å². The van der Waals surface area contributed by atoms with Gasteiger partial charge in [0.25, 0.3) is 0 Å². The molecule has 3 heteroatoms. The van der Waals surface area contributed by atoms with Crippen molar-refractivity contribution in [2.45, 2.75) is 6.92 Å². The fourth-order valence-electron chi connectivity index (χ4n) is 0.697. The number of nitrogens with one attached hydrogen (secondary N) is 1. The van der Waals surface area contributed by atoms with Crippen LogP contribution in [0.25, 0.3) is 0 Å². The Balaban J connectivity index is 2.90. The van der Waals surface area contributed by atoms with Crippen molar-refractivity contribution in [3.05, 3.63) is 23.5 Å². The molecule has 0 fully saturated rings. The number of aromatic amines is 1. The normalized spacial score (nSPS) is 8.45. The fraction of sp³-hybridized carbons (Fsp3) is 0.125. The average Bonchev–Trinajstić information content (AvgIpc) is 2.31. The van der Waals surface area contributed by atoms with Crippen LogP contribution in [0.1, 0.15) is 11.1 Å². The monoisotopic (exact) mass is 149 g/mol. The number of hydrogen-bond donors (Lipinski definition) is 2. The molecule has 11 heavy (non-hydrogen) atoms. The van der Waals surface area contributed by atoms with Crippen LogP contribution in [0.5, 0.6) is 0 Å². The van der Waals surface area contributed by atoms with Crippen LogP contribution in [0.15, 0.2) is 12.4 Å². The largest absolute Gasteiger partial charge is 0.472 e. The summed E-state index contributed by atoms with van der Waals surface area (Å²) in [6.45, 7) is 1.86. The van der Waals surface area contributed by atoms with E-state index in [9.17, 15) is 4.79 Å². The first-order valence-electron chi connectivity index (χ1n) is 3.08. The lowest BCUT2D eigenvalue weighted by Crippen LogP contribution is -1.86. The third kappa shape index (κ3) is 1.87. The highest BCUT2D eigenvalue weighted by atomic mass is 16.4. The van der Waals surface area contributed by atoms with E-state index in [2.05, 4.69) is 10.9 Å². The summed E-state index contributed by atoms with van der Waals surface area (Å²) in [7, 11) is 0. The van der Waals surface area contributed by atoms with Crippen molar-refractivity contribution in [2.75, 3.05) is 0 Å².